The summed E-state index contributed by atoms with van der Waals surface area (Å²) in [6.07, 6.45) is 1.22. The van der Waals surface area contributed by atoms with Crippen LogP contribution in [0.4, 0.5) is 0 Å². The molecule has 0 aliphatic rings. The van der Waals surface area contributed by atoms with Crippen LogP contribution in [-0.2, 0) is 9.84 Å². The van der Waals surface area contributed by atoms with E-state index in [-0.39, 0.29) is 0 Å². The van der Waals surface area contributed by atoms with Crippen LogP contribution < -0.4 is 0 Å². The average Bonchev–Trinajstić information content (AvgIpc) is 3.02. The second-order valence-corrected chi connectivity index (χ2v) is 10.8. The van der Waals surface area contributed by atoms with E-state index in [1.807, 2.05) is 24.3 Å². The minimum Gasteiger partial charge on any atom is -0.224 e. The van der Waals surface area contributed by atoms with E-state index in [4.69, 9.17) is 12.2 Å². The van der Waals surface area contributed by atoms with Gasteiger partial charge in [0.15, 0.2) is 9.84 Å². The Morgan fingerprint density at radius 1 is 0.808 bits per heavy atom. The minimum atomic E-state index is -3.20. The smallest absolute Gasteiger partial charge is 0.175 e. The third-order valence-corrected chi connectivity index (χ3v) is 8.41. The number of benzene rings is 3. The van der Waals surface area contributed by atoms with Crippen molar-refractivity contribution in [3.63, 3.8) is 0 Å². The van der Waals surface area contributed by atoms with E-state index in [9.17, 15) is 8.42 Å². The van der Waals surface area contributed by atoms with Crippen molar-refractivity contribution in [3.05, 3.63) is 70.6 Å². The highest BCUT2D eigenvalue weighted by molar-refractivity contribution is 7.90. The molecule has 6 heteroatoms. The highest BCUT2D eigenvalue weighted by Crippen LogP contribution is 2.42. The maximum absolute atomic E-state index is 11.7. The van der Waals surface area contributed by atoms with Gasteiger partial charge in [-0.2, -0.15) is 0 Å². The Morgan fingerprint density at radius 3 is 2.15 bits per heavy atom. The van der Waals surface area contributed by atoms with Gasteiger partial charge in [-0.05, 0) is 40.1 Å². The van der Waals surface area contributed by atoms with Gasteiger partial charge in [-0.15, -0.1) is 0 Å². The van der Waals surface area contributed by atoms with Gasteiger partial charge < -0.3 is 0 Å². The van der Waals surface area contributed by atoms with Gasteiger partial charge in [-0.3, -0.25) is 0 Å². The first-order chi connectivity index (χ1) is 12.4. The number of sulfone groups is 1. The SMILES string of the molecule is CS(=O)(=O)c1ccc(-c2ssc(=S)c2-c2ccc3ccccc3c2)cc1. The lowest BCUT2D eigenvalue weighted by molar-refractivity contribution is 0.602. The molecule has 4 rings (SSSR count). The van der Waals surface area contributed by atoms with Gasteiger partial charge in [-0.1, -0.05) is 81.4 Å². The zero-order valence-electron chi connectivity index (χ0n) is 13.8. The molecule has 0 aliphatic carbocycles. The summed E-state index contributed by atoms with van der Waals surface area (Å²) < 4.78 is 24.2. The van der Waals surface area contributed by atoms with Gasteiger partial charge in [0, 0.05) is 11.8 Å². The Balaban J connectivity index is 1.86. The zero-order valence-corrected chi connectivity index (χ0v) is 17.1. The molecule has 26 heavy (non-hydrogen) atoms. The Kier molecular flexibility index (Phi) is 4.52. The minimum absolute atomic E-state index is 0.326. The molecular formula is C20H14O2S4. The third kappa shape index (κ3) is 3.25. The first-order valence-electron chi connectivity index (χ1n) is 7.86. The maximum Gasteiger partial charge on any atom is 0.175 e. The predicted octanol–water partition coefficient (Wildman–Crippen LogP) is 6.43. The third-order valence-electron chi connectivity index (χ3n) is 4.21. The number of hydrogen-bond acceptors (Lipinski definition) is 5. The lowest BCUT2D eigenvalue weighted by Gasteiger charge is -2.07. The fourth-order valence-electron chi connectivity index (χ4n) is 2.90. The van der Waals surface area contributed by atoms with E-state index in [0.29, 0.717) is 4.90 Å². The molecule has 0 radical (unpaired) electrons. The van der Waals surface area contributed by atoms with E-state index in [1.165, 1.54) is 17.0 Å². The van der Waals surface area contributed by atoms with E-state index >= 15 is 0 Å². The molecule has 0 amide bonds. The van der Waals surface area contributed by atoms with E-state index in [0.717, 1.165) is 25.4 Å². The van der Waals surface area contributed by atoms with Crippen LogP contribution in [0.3, 0.4) is 0 Å². The second-order valence-electron chi connectivity index (χ2n) is 6.02. The largest absolute Gasteiger partial charge is 0.224 e. The van der Waals surface area contributed by atoms with Gasteiger partial charge >= 0.3 is 0 Å². The summed E-state index contributed by atoms with van der Waals surface area (Å²) in [6.45, 7) is 0. The van der Waals surface area contributed by atoms with Crippen LogP contribution >= 0.6 is 32.9 Å². The van der Waals surface area contributed by atoms with Crippen LogP contribution in [0.1, 0.15) is 0 Å². The fraction of sp³-hybridized carbons (Fsp3) is 0.0500. The van der Waals surface area contributed by atoms with Crippen molar-refractivity contribution in [1.29, 1.82) is 0 Å². The second kappa shape index (κ2) is 6.70. The van der Waals surface area contributed by atoms with Crippen LogP contribution in [0.2, 0.25) is 0 Å². The van der Waals surface area contributed by atoms with Crippen LogP contribution in [0.5, 0.6) is 0 Å². The van der Waals surface area contributed by atoms with Gasteiger partial charge in [0.2, 0.25) is 0 Å². The van der Waals surface area contributed by atoms with Gasteiger partial charge in [0.25, 0.3) is 0 Å². The molecule has 0 aliphatic heterocycles. The Labute approximate surface area is 164 Å². The monoisotopic (exact) mass is 414 g/mol. The van der Waals surface area contributed by atoms with Crippen molar-refractivity contribution < 1.29 is 8.42 Å². The predicted molar refractivity (Wildman–Crippen MR) is 115 cm³/mol. The molecule has 1 heterocycles. The number of rotatable bonds is 3. The molecule has 4 aromatic rings. The summed E-state index contributed by atoms with van der Waals surface area (Å²) in [5, 5.41) is 2.37. The Bertz CT molecular complexity index is 1260. The lowest BCUT2D eigenvalue weighted by atomic mass is 10.0. The normalized spacial score (nSPS) is 11.7. The van der Waals surface area contributed by atoms with Crippen molar-refractivity contribution in [3.8, 4) is 21.6 Å². The molecule has 0 spiro atoms. The van der Waals surface area contributed by atoms with Gasteiger partial charge in [0.1, 0.15) is 3.82 Å². The van der Waals surface area contributed by atoms with E-state index in [1.54, 1.807) is 32.8 Å². The van der Waals surface area contributed by atoms with Crippen molar-refractivity contribution >= 4 is 53.5 Å². The van der Waals surface area contributed by atoms with E-state index in [2.05, 4.69) is 30.3 Å². The summed E-state index contributed by atoms with van der Waals surface area (Å²) in [7, 11) is 0.00723. The molecule has 0 saturated carbocycles. The zero-order chi connectivity index (χ0) is 18.3. The molecule has 0 fully saturated rings. The molecule has 0 atom stereocenters. The quantitative estimate of drug-likeness (QED) is 0.286. The van der Waals surface area contributed by atoms with Gasteiger partial charge in [-0.25, -0.2) is 8.42 Å². The van der Waals surface area contributed by atoms with Crippen molar-refractivity contribution in [2.45, 2.75) is 4.90 Å². The molecule has 0 saturated heterocycles. The van der Waals surface area contributed by atoms with Gasteiger partial charge in [0.05, 0.1) is 9.77 Å². The molecule has 0 unspecified atom stereocenters. The number of fused-ring (bicyclic) bond motifs is 1. The maximum atomic E-state index is 11.7. The lowest BCUT2D eigenvalue weighted by Crippen LogP contribution is -1.96. The van der Waals surface area contributed by atoms with Crippen LogP contribution in [0.15, 0.2) is 71.6 Å². The summed E-state index contributed by atoms with van der Waals surface area (Å²) in [5.41, 5.74) is 3.12. The topological polar surface area (TPSA) is 34.1 Å². The molecular weight excluding hydrogens is 400 g/mol. The summed E-state index contributed by atoms with van der Waals surface area (Å²) in [5.74, 6) is 0. The summed E-state index contributed by atoms with van der Waals surface area (Å²) in [6, 6.07) is 21.6. The van der Waals surface area contributed by atoms with Crippen molar-refractivity contribution in [2.75, 3.05) is 6.26 Å². The van der Waals surface area contributed by atoms with Crippen molar-refractivity contribution in [1.82, 2.24) is 0 Å². The molecule has 3 aromatic carbocycles. The van der Waals surface area contributed by atoms with Crippen LogP contribution in [-0.4, -0.2) is 14.7 Å². The first-order valence-corrected chi connectivity index (χ1v) is 12.3. The molecule has 0 bridgehead atoms. The molecule has 2 nitrogen and oxygen atoms in total. The first kappa shape index (κ1) is 17.5. The summed E-state index contributed by atoms with van der Waals surface area (Å²) >= 11 is 5.60. The molecule has 0 N–H and O–H groups in total. The molecule has 130 valence electrons. The van der Waals surface area contributed by atoms with Crippen molar-refractivity contribution in [2.24, 2.45) is 0 Å². The van der Waals surface area contributed by atoms with Crippen LogP contribution in [0, 0.1) is 3.82 Å². The average molecular weight is 415 g/mol. The fourth-order valence-corrected chi connectivity index (χ4v) is 6.44. The summed E-state index contributed by atoms with van der Waals surface area (Å²) in [4.78, 5) is 1.41. The molecule has 1 aromatic heterocycles. The number of hydrogen-bond donors (Lipinski definition) is 0. The standard InChI is InChI=1S/C20H14O2S4/c1-26(21,22)17-10-8-14(9-11-17)19-18(20(23)25-24-19)16-7-6-13-4-2-3-5-15(13)12-16/h2-12H,1H3. The Morgan fingerprint density at radius 2 is 1.46 bits per heavy atom. The Hall–Kier alpha value is -1.86. The highest BCUT2D eigenvalue weighted by atomic mass is 32.9. The highest BCUT2D eigenvalue weighted by Gasteiger charge is 2.14. The van der Waals surface area contributed by atoms with E-state index < -0.39 is 9.84 Å². The van der Waals surface area contributed by atoms with Crippen LogP contribution in [0.25, 0.3) is 32.3 Å².